The van der Waals surface area contributed by atoms with Crippen LogP contribution in [-0.2, 0) is 11.8 Å². The topological polar surface area (TPSA) is 124 Å². The lowest BCUT2D eigenvalue weighted by Crippen LogP contribution is -2.28. The van der Waals surface area contributed by atoms with Gasteiger partial charge in [0, 0.05) is 30.9 Å². The number of carbonyl (C=O) groups excluding carboxylic acids is 1. The fourth-order valence-corrected chi connectivity index (χ4v) is 3.51. The van der Waals surface area contributed by atoms with Gasteiger partial charge in [0.2, 0.25) is 0 Å². The molecule has 0 bridgehead atoms. The summed E-state index contributed by atoms with van der Waals surface area (Å²) in [5.74, 6) is -3.16. The predicted molar refractivity (Wildman–Crippen MR) is 110 cm³/mol. The second-order valence-corrected chi connectivity index (χ2v) is 7.32. The van der Waals surface area contributed by atoms with E-state index in [1.54, 1.807) is 13.1 Å². The summed E-state index contributed by atoms with van der Waals surface area (Å²) in [5.41, 5.74) is -0.826. The maximum Gasteiger partial charge on any atom is 0.414 e. The fraction of sp³-hybridized carbons (Fsp3) is 0.200. The number of aromatic nitrogens is 6. The Bertz CT molecular complexity index is 1340. The summed E-state index contributed by atoms with van der Waals surface area (Å²) < 4.78 is 56.1. The van der Waals surface area contributed by atoms with Crippen molar-refractivity contribution in [2.24, 2.45) is 7.05 Å². The van der Waals surface area contributed by atoms with Crippen molar-refractivity contribution in [3.63, 3.8) is 0 Å². The first-order chi connectivity index (χ1) is 16.4. The zero-order valence-electron chi connectivity index (χ0n) is 17.4. The lowest BCUT2D eigenvalue weighted by Gasteiger charge is -2.17. The smallest absolute Gasteiger partial charge is 0.414 e. The van der Waals surface area contributed by atoms with Crippen LogP contribution < -0.4 is 10.2 Å². The van der Waals surface area contributed by atoms with Crippen molar-refractivity contribution >= 4 is 17.6 Å². The number of aryl methyl sites for hydroxylation is 1. The number of nitrogens with one attached hydrogen (secondary N) is 1. The number of rotatable bonds is 6. The van der Waals surface area contributed by atoms with Gasteiger partial charge in [-0.1, -0.05) is 11.2 Å². The van der Waals surface area contributed by atoms with Crippen molar-refractivity contribution in [2.75, 3.05) is 23.3 Å². The highest BCUT2D eigenvalue weighted by atomic mass is 19.2. The molecule has 1 amide bonds. The third kappa shape index (κ3) is 3.78. The number of halogens is 3. The molecular weight excluding hydrogens is 457 g/mol. The maximum absolute atomic E-state index is 15.0. The molecule has 4 heterocycles. The van der Waals surface area contributed by atoms with Gasteiger partial charge < -0.3 is 14.6 Å². The van der Waals surface area contributed by atoms with Gasteiger partial charge in [-0.05, 0) is 16.5 Å². The summed E-state index contributed by atoms with van der Waals surface area (Å²) >= 11 is 0. The molecule has 3 aromatic heterocycles. The molecular formula is C20H15F3N8O3. The van der Waals surface area contributed by atoms with Gasteiger partial charge in [0.1, 0.15) is 23.9 Å². The minimum atomic E-state index is -1.46. The predicted octanol–water partition coefficient (Wildman–Crippen LogP) is 2.78. The monoisotopic (exact) mass is 472 g/mol. The average molecular weight is 472 g/mol. The van der Waals surface area contributed by atoms with E-state index >= 15 is 0 Å². The molecule has 0 unspecified atom stereocenters. The first-order valence-corrected chi connectivity index (χ1v) is 9.91. The minimum absolute atomic E-state index is 0.00184. The van der Waals surface area contributed by atoms with E-state index in [9.17, 15) is 18.0 Å². The summed E-state index contributed by atoms with van der Waals surface area (Å²) in [6, 6.07) is 5.13. The molecule has 1 aliphatic rings. The standard InChI is InChI=1S/C20H15F3N8O3/c1-30-19(26-28-29-30)13-3-2-10(7-24-13)16-12(21)6-14(17(22)18(16)23)31-9-11(34-20(31)32)8-25-15-4-5-33-27-15/h2-7,11H,8-9H2,1H3,(H,25,27)/t11-/m0/s1. The van der Waals surface area contributed by atoms with E-state index < -0.39 is 40.9 Å². The van der Waals surface area contributed by atoms with E-state index in [1.165, 1.54) is 29.3 Å². The molecule has 11 nitrogen and oxygen atoms in total. The number of benzene rings is 1. The molecule has 1 aromatic carbocycles. The summed E-state index contributed by atoms with van der Waals surface area (Å²) in [6.07, 6.45) is 0.899. The Labute approximate surface area is 189 Å². The van der Waals surface area contributed by atoms with E-state index in [0.717, 1.165) is 11.0 Å². The van der Waals surface area contributed by atoms with Crippen molar-refractivity contribution in [2.45, 2.75) is 6.10 Å². The highest BCUT2D eigenvalue weighted by Gasteiger charge is 2.36. The van der Waals surface area contributed by atoms with Crippen LogP contribution in [0.2, 0.25) is 0 Å². The molecule has 0 spiro atoms. The summed E-state index contributed by atoms with van der Waals surface area (Å²) in [4.78, 5) is 17.2. The van der Waals surface area contributed by atoms with Crippen LogP contribution in [0, 0.1) is 17.5 Å². The van der Waals surface area contributed by atoms with Gasteiger partial charge in [0.05, 0.1) is 24.3 Å². The lowest BCUT2D eigenvalue weighted by molar-refractivity contribution is 0.147. The molecule has 0 aliphatic carbocycles. The second kappa shape index (κ2) is 8.46. The van der Waals surface area contributed by atoms with E-state index in [4.69, 9.17) is 4.74 Å². The van der Waals surface area contributed by atoms with Gasteiger partial charge >= 0.3 is 6.09 Å². The Morgan fingerprint density at radius 3 is 2.74 bits per heavy atom. The van der Waals surface area contributed by atoms with Crippen molar-refractivity contribution in [1.29, 1.82) is 0 Å². The first kappa shape index (κ1) is 21.4. The number of pyridine rings is 1. The molecule has 1 fully saturated rings. The molecule has 1 saturated heterocycles. The van der Waals surface area contributed by atoms with E-state index in [0.29, 0.717) is 17.3 Å². The van der Waals surface area contributed by atoms with Gasteiger partial charge in [-0.3, -0.25) is 9.88 Å². The maximum atomic E-state index is 15.0. The average Bonchev–Trinajstić information content (AvgIpc) is 3.57. The molecule has 1 atom stereocenters. The van der Waals surface area contributed by atoms with Crippen LogP contribution in [0.15, 0.2) is 41.2 Å². The van der Waals surface area contributed by atoms with Crippen molar-refractivity contribution in [3.05, 3.63) is 54.2 Å². The van der Waals surface area contributed by atoms with E-state index in [-0.39, 0.29) is 18.7 Å². The van der Waals surface area contributed by atoms with Gasteiger partial charge in [0.15, 0.2) is 23.3 Å². The molecule has 0 saturated carbocycles. The Morgan fingerprint density at radius 1 is 1.21 bits per heavy atom. The molecule has 1 N–H and O–H groups in total. The summed E-state index contributed by atoms with van der Waals surface area (Å²) in [6.45, 7) is 0.0132. The fourth-order valence-electron chi connectivity index (χ4n) is 3.51. The molecule has 0 radical (unpaired) electrons. The largest absolute Gasteiger partial charge is 0.442 e. The van der Waals surface area contributed by atoms with Crippen molar-refractivity contribution < 1.29 is 27.2 Å². The second-order valence-electron chi connectivity index (χ2n) is 7.32. The Hall–Kier alpha value is -4.49. The lowest BCUT2D eigenvalue weighted by atomic mass is 10.0. The molecule has 174 valence electrons. The number of anilines is 2. The van der Waals surface area contributed by atoms with Crippen LogP contribution in [0.4, 0.5) is 29.5 Å². The summed E-state index contributed by atoms with van der Waals surface area (Å²) in [5, 5.41) is 17.5. The highest BCUT2D eigenvalue weighted by molar-refractivity contribution is 5.90. The number of hydrogen-bond donors (Lipinski definition) is 1. The number of carbonyl (C=O) groups is 1. The van der Waals surface area contributed by atoms with Crippen LogP contribution in [0.1, 0.15) is 0 Å². The quantitative estimate of drug-likeness (QED) is 0.422. The Kier molecular flexibility index (Phi) is 5.31. The molecule has 4 aromatic rings. The third-order valence-corrected chi connectivity index (χ3v) is 5.15. The zero-order valence-corrected chi connectivity index (χ0v) is 17.4. The highest BCUT2D eigenvalue weighted by Crippen LogP contribution is 2.35. The normalized spacial score (nSPS) is 15.6. The van der Waals surface area contributed by atoms with Gasteiger partial charge in [-0.2, -0.15) is 0 Å². The van der Waals surface area contributed by atoms with Crippen LogP contribution in [0.5, 0.6) is 0 Å². The number of cyclic esters (lactones) is 1. The van der Waals surface area contributed by atoms with E-state index in [1.807, 2.05) is 0 Å². The number of ether oxygens (including phenoxy) is 1. The van der Waals surface area contributed by atoms with Gasteiger partial charge in [0.25, 0.3) is 0 Å². The van der Waals surface area contributed by atoms with Crippen molar-refractivity contribution in [3.8, 4) is 22.6 Å². The number of tetrazole rings is 1. The van der Waals surface area contributed by atoms with Crippen LogP contribution in [0.25, 0.3) is 22.6 Å². The Morgan fingerprint density at radius 2 is 2.06 bits per heavy atom. The first-order valence-electron chi connectivity index (χ1n) is 9.91. The molecule has 5 rings (SSSR count). The number of amides is 1. The number of hydrogen-bond acceptors (Lipinski definition) is 9. The molecule has 34 heavy (non-hydrogen) atoms. The van der Waals surface area contributed by atoms with Gasteiger partial charge in [-0.15, -0.1) is 5.10 Å². The molecule has 14 heteroatoms. The van der Waals surface area contributed by atoms with Crippen molar-refractivity contribution in [1.82, 2.24) is 30.3 Å². The number of nitrogens with zero attached hydrogens (tertiary/aromatic N) is 7. The summed E-state index contributed by atoms with van der Waals surface area (Å²) in [7, 11) is 1.61. The Balaban J connectivity index is 1.39. The van der Waals surface area contributed by atoms with Crippen LogP contribution in [0.3, 0.4) is 0 Å². The SMILES string of the molecule is Cn1nnnc1-c1ccc(-c2c(F)cc(N3C[C@H](CNc4ccon4)OC3=O)c(F)c2F)cn1. The minimum Gasteiger partial charge on any atom is -0.442 e. The van der Waals surface area contributed by atoms with Gasteiger partial charge in [-0.25, -0.2) is 22.6 Å². The molecule has 1 aliphatic heterocycles. The van der Waals surface area contributed by atoms with E-state index in [2.05, 4.69) is 35.5 Å². The third-order valence-electron chi connectivity index (χ3n) is 5.15. The zero-order chi connectivity index (χ0) is 23.8. The van der Waals surface area contributed by atoms with Crippen LogP contribution in [-0.4, -0.2) is 55.6 Å². The van der Waals surface area contributed by atoms with Crippen LogP contribution >= 0.6 is 0 Å².